The van der Waals surface area contributed by atoms with Crippen LogP contribution in [0.4, 0.5) is 9.80 Å². The average Bonchev–Trinajstić information content (AvgIpc) is 2.90. The molecule has 0 radical (unpaired) electrons. The first-order chi connectivity index (χ1) is 9.24. The topological polar surface area (TPSA) is 58.2 Å². The lowest BCUT2D eigenvalue weighted by molar-refractivity contribution is -0.115. The van der Waals surface area contributed by atoms with E-state index in [1.807, 2.05) is 41.8 Å². The molecule has 0 saturated heterocycles. The summed E-state index contributed by atoms with van der Waals surface area (Å²) in [5.74, 6) is -0.460. The van der Waals surface area contributed by atoms with Crippen molar-refractivity contribution in [1.29, 1.82) is 0 Å². The van der Waals surface area contributed by atoms with Gasteiger partial charge >= 0.3 is 6.03 Å². The van der Waals surface area contributed by atoms with Gasteiger partial charge in [0.1, 0.15) is 0 Å². The highest BCUT2D eigenvalue weighted by molar-refractivity contribution is 7.14. The van der Waals surface area contributed by atoms with Gasteiger partial charge in [-0.2, -0.15) is 0 Å². The molecule has 0 aliphatic rings. The van der Waals surface area contributed by atoms with E-state index in [4.69, 9.17) is 0 Å². The van der Waals surface area contributed by atoms with Gasteiger partial charge in [-0.1, -0.05) is 30.3 Å². The van der Waals surface area contributed by atoms with Crippen molar-refractivity contribution in [2.24, 2.45) is 0 Å². The third-order valence-corrected chi connectivity index (χ3v) is 3.01. The van der Waals surface area contributed by atoms with Crippen molar-refractivity contribution in [3.8, 4) is 0 Å². The summed E-state index contributed by atoms with van der Waals surface area (Å²) in [5, 5.41) is 7.32. The molecule has 96 valence electrons. The summed E-state index contributed by atoms with van der Waals surface area (Å²) in [6.07, 6.45) is 2.97. The molecule has 4 nitrogen and oxygen atoms in total. The number of carbonyl (C=O) groups excluding carboxylic acids is 2. The van der Waals surface area contributed by atoms with Crippen LogP contribution in [-0.4, -0.2) is 11.9 Å². The minimum absolute atomic E-state index is 0.460. The number of rotatable bonds is 3. The molecule has 2 aromatic rings. The Hall–Kier alpha value is -2.40. The Morgan fingerprint density at radius 3 is 2.53 bits per heavy atom. The Balaban J connectivity index is 1.84. The van der Waals surface area contributed by atoms with Gasteiger partial charge in [0.15, 0.2) is 0 Å². The zero-order valence-electron chi connectivity index (χ0n) is 10.00. The second-order valence-corrected chi connectivity index (χ2v) is 4.61. The van der Waals surface area contributed by atoms with E-state index in [2.05, 4.69) is 10.6 Å². The number of urea groups is 1. The Morgan fingerprint density at radius 2 is 1.84 bits per heavy atom. The predicted molar refractivity (Wildman–Crippen MR) is 77.0 cm³/mol. The van der Waals surface area contributed by atoms with E-state index in [1.165, 1.54) is 17.4 Å². The summed E-state index contributed by atoms with van der Waals surface area (Å²) in [6.45, 7) is 0. The smallest absolute Gasteiger partial charge is 0.299 e. The normalized spacial score (nSPS) is 10.3. The first-order valence-corrected chi connectivity index (χ1v) is 6.50. The van der Waals surface area contributed by atoms with Gasteiger partial charge in [-0.05, 0) is 29.2 Å². The van der Waals surface area contributed by atoms with E-state index in [1.54, 1.807) is 12.1 Å². The molecule has 2 N–H and O–H groups in total. The first-order valence-electron chi connectivity index (χ1n) is 5.62. The maximum absolute atomic E-state index is 11.5. The Kier molecular flexibility index (Phi) is 4.47. The van der Waals surface area contributed by atoms with Crippen LogP contribution in [0.2, 0.25) is 0 Å². The second-order valence-electron chi connectivity index (χ2n) is 3.66. The van der Waals surface area contributed by atoms with Crippen LogP contribution in [0.1, 0.15) is 5.56 Å². The van der Waals surface area contributed by atoms with E-state index < -0.39 is 11.9 Å². The largest absolute Gasteiger partial charge is 0.326 e. The summed E-state index contributed by atoms with van der Waals surface area (Å²) >= 11 is 1.39. The van der Waals surface area contributed by atoms with Gasteiger partial charge in [0.2, 0.25) is 0 Å². The number of carbonyl (C=O) groups is 2. The number of amides is 3. The molecular weight excluding hydrogens is 260 g/mol. The molecule has 0 bridgehead atoms. The van der Waals surface area contributed by atoms with Gasteiger partial charge in [0.25, 0.3) is 5.91 Å². The van der Waals surface area contributed by atoms with Crippen LogP contribution < -0.4 is 10.6 Å². The van der Waals surface area contributed by atoms with Crippen molar-refractivity contribution in [3.63, 3.8) is 0 Å². The molecule has 1 aromatic heterocycles. The van der Waals surface area contributed by atoms with Gasteiger partial charge in [-0.25, -0.2) is 4.79 Å². The fourth-order valence-corrected chi connectivity index (χ4v) is 1.99. The molecule has 0 spiro atoms. The van der Waals surface area contributed by atoms with E-state index in [-0.39, 0.29) is 0 Å². The van der Waals surface area contributed by atoms with Crippen LogP contribution >= 0.6 is 11.3 Å². The van der Waals surface area contributed by atoms with Gasteiger partial charge < -0.3 is 0 Å². The van der Waals surface area contributed by atoms with Crippen molar-refractivity contribution in [2.45, 2.75) is 0 Å². The minimum Gasteiger partial charge on any atom is -0.299 e. The van der Waals surface area contributed by atoms with Crippen LogP contribution in [0.15, 0.2) is 53.9 Å². The molecule has 0 atom stereocenters. The third kappa shape index (κ3) is 4.40. The predicted octanol–water partition coefficient (Wildman–Crippen LogP) is 3.11. The number of hydrogen-bond donors (Lipinski definition) is 2. The minimum atomic E-state index is -0.537. The molecule has 19 heavy (non-hydrogen) atoms. The Labute approximate surface area is 114 Å². The molecular formula is C14H12N2O2S. The number of nitrogens with one attached hydrogen (secondary N) is 2. The van der Waals surface area contributed by atoms with E-state index in [0.29, 0.717) is 5.00 Å². The first kappa shape index (κ1) is 13.0. The molecule has 2 rings (SSSR count). The fraction of sp³-hybridized carbons (Fsp3) is 0. The van der Waals surface area contributed by atoms with Crippen molar-refractivity contribution in [1.82, 2.24) is 5.32 Å². The summed E-state index contributed by atoms with van der Waals surface area (Å²) in [4.78, 5) is 23.0. The summed E-state index contributed by atoms with van der Waals surface area (Å²) < 4.78 is 0. The number of anilines is 1. The number of imide groups is 1. The van der Waals surface area contributed by atoms with Crippen molar-refractivity contribution < 1.29 is 9.59 Å². The standard InChI is InChI=1S/C14H12N2O2S/c17-12(9-8-11-5-2-1-3-6-11)15-14(18)16-13-7-4-10-19-13/h1-10H,(H2,15,16,17,18)/b9-8+. The monoisotopic (exact) mass is 272 g/mol. The highest BCUT2D eigenvalue weighted by atomic mass is 32.1. The molecule has 0 aliphatic heterocycles. The lowest BCUT2D eigenvalue weighted by atomic mass is 10.2. The van der Waals surface area contributed by atoms with E-state index >= 15 is 0 Å². The zero-order chi connectivity index (χ0) is 13.5. The third-order valence-electron chi connectivity index (χ3n) is 2.22. The highest BCUT2D eigenvalue weighted by Gasteiger charge is 2.05. The van der Waals surface area contributed by atoms with E-state index in [9.17, 15) is 9.59 Å². The number of hydrogen-bond acceptors (Lipinski definition) is 3. The molecule has 0 saturated carbocycles. The second kappa shape index (κ2) is 6.51. The highest BCUT2D eigenvalue weighted by Crippen LogP contribution is 2.14. The lowest BCUT2D eigenvalue weighted by Crippen LogP contribution is -2.32. The van der Waals surface area contributed by atoms with Crippen LogP contribution in [-0.2, 0) is 4.79 Å². The summed E-state index contributed by atoms with van der Waals surface area (Å²) in [5.41, 5.74) is 0.899. The zero-order valence-corrected chi connectivity index (χ0v) is 10.8. The molecule has 0 aliphatic carbocycles. The SMILES string of the molecule is O=C(/C=C/c1ccccc1)NC(=O)Nc1cccs1. The molecule has 0 fully saturated rings. The number of thiophene rings is 1. The van der Waals surface area contributed by atoms with E-state index in [0.717, 1.165) is 5.56 Å². The fourth-order valence-electron chi connectivity index (χ4n) is 1.38. The summed E-state index contributed by atoms with van der Waals surface area (Å²) in [6, 6.07) is 12.4. The van der Waals surface area contributed by atoms with Crippen LogP contribution in [0.3, 0.4) is 0 Å². The van der Waals surface area contributed by atoms with Crippen LogP contribution in [0.5, 0.6) is 0 Å². The van der Waals surface area contributed by atoms with Gasteiger partial charge in [-0.15, -0.1) is 11.3 Å². The Morgan fingerprint density at radius 1 is 1.05 bits per heavy atom. The van der Waals surface area contributed by atoms with Crippen molar-refractivity contribution in [3.05, 3.63) is 59.5 Å². The van der Waals surface area contributed by atoms with Crippen molar-refractivity contribution >= 4 is 34.4 Å². The Bertz CT molecular complexity index is 577. The van der Waals surface area contributed by atoms with Crippen LogP contribution in [0, 0.1) is 0 Å². The van der Waals surface area contributed by atoms with Crippen molar-refractivity contribution in [2.75, 3.05) is 5.32 Å². The molecule has 0 unspecified atom stereocenters. The molecule has 5 heteroatoms. The molecule has 3 amide bonds. The molecule has 1 aromatic carbocycles. The maximum atomic E-state index is 11.5. The quantitative estimate of drug-likeness (QED) is 0.843. The summed E-state index contributed by atoms with van der Waals surface area (Å²) in [7, 11) is 0. The maximum Gasteiger partial charge on any atom is 0.326 e. The van der Waals surface area contributed by atoms with Gasteiger partial charge in [0, 0.05) is 6.08 Å². The molecule has 1 heterocycles. The van der Waals surface area contributed by atoms with Gasteiger partial charge in [0.05, 0.1) is 5.00 Å². The average molecular weight is 272 g/mol. The lowest BCUT2D eigenvalue weighted by Gasteiger charge is -2.01. The van der Waals surface area contributed by atoms with Gasteiger partial charge in [-0.3, -0.25) is 15.4 Å². The number of benzene rings is 1. The van der Waals surface area contributed by atoms with Crippen LogP contribution in [0.25, 0.3) is 6.08 Å².